The first-order valence-corrected chi connectivity index (χ1v) is 7.31. The van der Waals surface area contributed by atoms with Crippen LogP contribution in [-0.2, 0) is 11.2 Å². The molecule has 1 unspecified atom stereocenters. The summed E-state index contributed by atoms with van der Waals surface area (Å²) in [6, 6.07) is 6.17. The number of nitrogens with zero attached hydrogens (tertiary/aromatic N) is 1. The fraction of sp³-hybridized carbons (Fsp3) is 0.412. The zero-order valence-electron chi connectivity index (χ0n) is 13.8. The van der Waals surface area contributed by atoms with Gasteiger partial charge < -0.3 is 15.6 Å². The van der Waals surface area contributed by atoms with Gasteiger partial charge in [0.2, 0.25) is 5.91 Å². The van der Waals surface area contributed by atoms with Gasteiger partial charge in [-0.05, 0) is 38.5 Å². The molecule has 0 aromatic heterocycles. The lowest BCUT2D eigenvalue weighted by molar-refractivity contribution is -0.124. The molecule has 0 bridgehead atoms. The van der Waals surface area contributed by atoms with Crippen LogP contribution in [0, 0.1) is 0 Å². The van der Waals surface area contributed by atoms with E-state index in [-0.39, 0.29) is 6.42 Å². The Labute approximate surface area is 136 Å². The van der Waals surface area contributed by atoms with Crippen LogP contribution in [0.1, 0.15) is 26.3 Å². The van der Waals surface area contributed by atoms with E-state index in [0.29, 0.717) is 12.4 Å². The van der Waals surface area contributed by atoms with Gasteiger partial charge in [-0.25, -0.2) is 4.79 Å². The summed E-state index contributed by atoms with van der Waals surface area (Å²) in [7, 11) is 0. The second kappa shape index (κ2) is 7.67. The molecule has 0 aliphatic rings. The SMILES string of the molecule is C=CCOc1ccc(CC(C(N)=O)N(C(=O)O)C(C)(C)C)cc1. The van der Waals surface area contributed by atoms with E-state index < -0.39 is 23.6 Å². The molecular formula is C17H24N2O4. The summed E-state index contributed by atoms with van der Waals surface area (Å²) in [5, 5.41) is 9.44. The van der Waals surface area contributed by atoms with E-state index >= 15 is 0 Å². The van der Waals surface area contributed by atoms with Crippen LogP contribution in [0.25, 0.3) is 0 Å². The number of amides is 2. The molecule has 126 valence electrons. The highest BCUT2D eigenvalue weighted by Crippen LogP contribution is 2.21. The quantitative estimate of drug-likeness (QED) is 0.755. The third kappa shape index (κ3) is 5.32. The summed E-state index contributed by atoms with van der Waals surface area (Å²) in [6.45, 7) is 9.15. The molecule has 0 aliphatic heterocycles. The lowest BCUT2D eigenvalue weighted by Crippen LogP contribution is -2.56. The van der Waals surface area contributed by atoms with Crippen molar-refractivity contribution in [2.45, 2.75) is 38.8 Å². The molecule has 0 spiro atoms. The lowest BCUT2D eigenvalue weighted by Gasteiger charge is -2.38. The number of primary amides is 1. The largest absolute Gasteiger partial charge is 0.490 e. The smallest absolute Gasteiger partial charge is 0.408 e. The Morgan fingerprint density at radius 1 is 1.35 bits per heavy atom. The molecule has 1 atom stereocenters. The predicted molar refractivity (Wildman–Crippen MR) is 88.4 cm³/mol. The van der Waals surface area contributed by atoms with E-state index in [0.717, 1.165) is 10.5 Å². The molecular weight excluding hydrogens is 296 g/mol. The fourth-order valence-electron chi connectivity index (χ4n) is 2.31. The number of carbonyl (C=O) groups excluding carboxylic acids is 1. The molecule has 23 heavy (non-hydrogen) atoms. The molecule has 3 N–H and O–H groups in total. The topological polar surface area (TPSA) is 92.9 Å². The monoisotopic (exact) mass is 320 g/mol. The van der Waals surface area contributed by atoms with Crippen LogP contribution < -0.4 is 10.5 Å². The fourth-order valence-corrected chi connectivity index (χ4v) is 2.31. The molecule has 2 amide bonds. The molecule has 1 rings (SSSR count). The van der Waals surface area contributed by atoms with Crippen LogP contribution in [0.15, 0.2) is 36.9 Å². The maximum Gasteiger partial charge on any atom is 0.408 e. The Kier molecular flexibility index (Phi) is 6.18. The van der Waals surface area contributed by atoms with Crippen LogP contribution in [-0.4, -0.2) is 40.2 Å². The highest BCUT2D eigenvalue weighted by molar-refractivity contribution is 5.84. The Hall–Kier alpha value is -2.50. The number of ether oxygens (including phenoxy) is 1. The van der Waals surface area contributed by atoms with Crippen molar-refractivity contribution in [1.82, 2.24) is 4.90 Å². The van der Waals surface area contributed by atoms with Gasteiger partial charge >= 0.3 is 6.09 Å². The number of hydrogen-bond acceptors (Lipinski definition) is 3. The summed E-state index contributed by atoms with van der Waals surface area (Å²) in [6.07, 6.45) is 0.679. The van der Waals surface area contributed by atoms with Crippen LogP contribution in [0.5, 0.6) is 5.75 Å². The van der Waals surface area contributed by atoms with Gasteiger partial charge in [0.05, 0.1) is 0 Å². The van der Waals surface area contributed by atoms with Crippen molar-refractivity contribution in [2.24, 2.45) is 5.73 Å². The molecule has 1 aromatic rings. The first-order chi connectivity index (χ1) is 10.7. The van der Waals surface area contributed by atoms with E-state index in [9.17, 15) is 14.7 Å². The second-order valence-electron chi connectivity index (χ2n) is 6.19. The number of carboxylic acid groups (broad SMARTS) is 1. The highest BCUT2D eigenvalue weighted by Gasteiger charge is 2.36. The molecule has 6 heteroatoms. The number of nitrogens with two attached hydrogens (primary N) is 1. The van der Waals surface area contributed by atoms with Crippen molar-refractivity contribution in [2.75, 3.05) is 6.61 Å². The van der Waals surface area contributed by atoms with E-state index in [2.05, 4.69) is 6.58 Å². The average molecular weight is 320 g/mol. The normalized spacial score (nSPS) is 12.3. The Bertz CT molecular complexity index is 561. The molecule has 1 aromatic carbocycles. The lowest BCUT2D eigenvalue weighted by atomic mass is 9.98. The van der Waals surface area contributed by atoms with E-state index in [1.165, 1.54) is 0 Å². The highest BCUT2D eigenvalue weighted by atomic mass is 16.5. The van der Waals surface area contributed by atoms with Gasteiger partial charge in [0.15, 0.2) is 0 Å². The van der Waals surface area contributed by atoms with Gasteiger partial charge in [0.1, 0.15) is 18.4 Å². The number of rotatable bonds is 7. The van der Waals surface area contributed by atoms with Crippen molar-refractivity contribution in [3.63, 3.8) is 0 Å². The van der Waals surface area contributed by atoms with Gasteiger partial charge in [0, 0.05) is 12.0 Å². The van der Waals surface area contributed by atoms with Gasteiger partial charge in [-0.3, -0.25) is 9.69 Å². The zero-order chi connectivity index (χ0) is 17.6. The van der Waals surface area contributed by atoms with E-state index in [1.807, 2.05) is 0 Å². The maximum absolute atomic E-state index is 11.8. The molecule has 6 nitrogen and oxygen atoms in total. The Morgan fingerprint density at radius 2 is 1.91 bits per heavy atom. The molecule has 0 heterocycles. The zero-order valence-corrected chi connectivity index (χ0v) is 13.8. The molecule has 0 radical (unpaired) electrons. The minimum Gasteiger partial charge on any atom is -0.490 e. The minimum atomic E-state index is -1.17. The number of carbonyl (C=O) groups is 2. The van der Waals surface area contributed by atoms with Gasteiger partial charge in [-0.2, -0.15) is 0 Å². The van der Waals surface area contributed by atoms with Crippen molar-refractivity contribution in [1.29, 1.82) is 0 Å². The molecule has 0 fully saturated rings. The number of hydrogen-bond donors (Lipinski definition) is 2. The van der Waals surface area contributed by atoms with Crippen molar-refractivity contribution in [3.05, 3.63) is 42.5 Å². The third-order valence-electron chi connectivity index (χ3n) is 3.29. The van der Waals surface area contributed by atoms with E-state index in [1.54, 1.807) is 51.1 Å². The van der Waals surface area contributed by atoms with Crippen LogP contribution in [0.2, 0.25) is 0 Å². The summed E-state index contributed by atoms with van der Waals surface area (Å²) in [5.74, 6) is 0.00416. The molecule has 0 saturated heterocycles. The maximum atomic E-state index is 11.8. The van der Waals surface area contributed by atoms with Crippen LogP contribution in [0.3, 0.4) is 0 Å². The molecule has 0 aliphatic carbocycles. The second-order valence-corrected chi connectivity index (χ2v) is 6.19. The van der Waals surface area contributed by atoms with Crippen molar-refractivity contribution in [3.8, 4) is 5.75 Å². The summed E-state index contributed by atoms with van der Waals surface area (Å²) >= 11 is 0. The summed E-state index contributed by atoms with van der Waals surface area (Å²) in [4.78, 5) is 24.4. The average Bonchev–Trinajstić information content (AvgIpc) is 2.43. The van der Waals surface area contributed by atoms with Crippen molar-refractivity contribution < 1.29 is 19.4 Å². The predicted octanol–water partition coefficient (Wildman–Crippen LogP) is 2.43. The summed E-state index contributed by atoms with van der Waals surface area (Å²) in [5.41, 5.74) is 5.50. The first kappa shape index (κ1) is 18.5. The van der Waals surface area contributed by atoms with E-state index in [4.69, 9.17) is 10.5 Å². The van der Waals surface area contributed by atoms with Gasteiger partial charge in [-0.1, -0.05) is 24.8 Å². The summed E-state index contributed by atoms with van der Waals surface area (Å²) < 4.78 is 5.39. The minimum absolute atomic E-state index is 0.209. The van der Waals surface area contributed by atoms with Crippen molar-refractivity contribution >= 4 is 12.0 Å². The molecule has 0 saturated carbocycles. The van der Waals surface area contributed by atoms with Crippen LogP contribution >= 0.6 is 0 Å². The first-order valence-electron chi connectivity index (χ1n) is 7.31. The third-order valence-corrected chi connectivity index (χ3v) is 3.29. The van der Waals surface area contributed by atoms with Gasteiger partial charge in [-0.15, -0.1) is 0 Å². The Balaban J connectivity index is 2.97. The van der Waals surface area contributed by atoms with Crippen LogP contribution in [0.4, 0.5) is 4.79 Å². The standard InChI is InChI=1S/C17H24N2O4/c1-5-10-23-13-8-6-12(7-9-13)11-14(15(18)20)19(16(21)22)17(2,3)4/h5-9,14H,1,10-11H2,2-4H3,(H2,18,20)(H,21,22). The Morgan fingerprint density at radius 3 is 2.30 bits per heavy atom. The van der Waals surface area contributed by atoms with Gasteiger partial charge in [0.25, 0.3) is 0 Å². The number of benzene rings is 1.